The molecule has 1 aliphatic rings. The number of aromatic carboxylic acids is 1. The van der Waals surface area contributed by atoms with E-state index in [2.05, 4.69) is 5.32 Å². The van der Waals surface area contributed by atoms with Crippen LogP contribution in [0, 0.1) is 6.92 Å². The highest BCUT2D eigenvalue weighted by molar-refractivity contribution is 6.04. The van der Waals surface area contributed by atoms with Crippen LogP contribution in [-0.4, -0.2) is 23.5 Å². The van der Waals surface area contributed by atoms with Crippen molar-refractivity contribution in [3.05, 3.63) is 53.6 Å². The van der Waals surface area contributed by atoms with Crippen LogP contribution in [0.3, 0.4) is 0 Å². The quantitative estimate of drug-likeness (QED) is 0.888. The first kappa shape index (κ1) is 13.2. The van der Waals surface area contributed by atoms with E-state index in [1.807, 2.05) is 36.1 Å². The summed E-state index contributed by atoms with van der Waals surface area (Å²) in [6.07, 6.45) is 0. The average Bonchev–Trinajstić information content (AvgIpc) is 2.46. The first-order chi connectivity index (χ1) is 10.0. The molecule has 2 N–H and O–H groups in total. The van der Waals surface area contributed by atoms with E-state index in [1.165, 1.54) is 6.07 Å². The summed E-state index contributed by atoms with van der Waals surface area (Å²) in [5, 5.41) is 11.9. The summed E-state index contributed by atoms with van der Waals surface area (Å²) in [6, 6.07) is 12.5. The van der Waals surface area contributed by atoms with E-state index in [0.29, 0.717) is 11.4 Å². The zero-order chi connectivity index (χ0) is 15.0. The van der Waals surface area contributed by atoms with Gasteiger partial charge in [0.05, 0.1) is 16.9 Å². The van der Waals surface area contributed by atoms with Crippen LogP contribution < -0.4 is 10.2 Å². The molecule has 0 fully saturated rings. The third-order valence-corrected chi connectivity index (χ3v) is 3.46. The van der Waals surface area contributed by atoms with Gasteiger partial charge in [0.2, 0.25) is 5.91 Å². The highest BCUT2D eigenvalue weighted by Gasteiger charge is 2.24. The monoisotopic (exact) mass is 282 g/mol. The zero-order valence-electron chi connectivity index (χ0n) is 11.5. The average molecular weight is 282 g/mol. The molecule has 5 nitrogen and oxygen atoms in total. The Morgan fingerprint density at radius 3 is 2.57 bits per heavy atom. The molecule has 0 aliphatic carbocycles. The third kappa shape index (κ3) is 2.45. The second-order valence-electron chi connectivity index (χ2n) is 5.01. The minimum Gasteiger partial charge on any atom is -0.478 e. The van der Waals surface area contributed by atoms with Crippen molar-refractivity contribution in [3.63, 3.8) is 0 Å². The number of anilines is 3. The van der Waals surface area contributed by atoms with Gasteiger partial charge in [0.25, 0.3) is 0 Å². The molecule has 0 saturated carbocycles. The number of nitrogens with zero attached hydrogens (tertiary/aromatic N) is 1. The van der Waals surface area contributed by atoms with E-state index < -0.39 is 5.97 Å². The van der Waals surface area contributed by atoms with E-state index in [9.17, 15) is 9.59 Å². The Balaban J connectivity index is 2.10. The number of carbonyl (C=O) groups is 2. The van der Waals surface area contributed by atoms with Gasteiger partial charge in [0.1, 0.15) is 6.54 Å². The minimum atomic E-state index is -0.987. The van der Waals surface area contributed by atoms with Gasteiger partial charge in [0, 0.05) is 5.69 Å². The molecule has 21 heavy (non-hydrogen) atoms. The number of carbonyl (C=O) groups excluding carboxylic acids is 1. The van der Waals surface area contributed by atoms with Gasteiger partial charge in [-0.2, -0.15) is 0 Å². The molecule has 5 heteroatoms. The van der Waals surface area contributed by atoms with E-state index in [4.69, 9.17) is 5.11 Å². The number of hydrogen-bond acceptors (Lipinski definition) is 3. The van der Waals surface area contributed by atoms with Crippen molar-refractivity contribution < 1.29 is 14.7 Å². The van der Waals surface area contributed by atoms with Crippen LogP contribution in [0.25, 0.3) is 0 Å². The predicted octanol–water partition coefficient (Wildman–Crippen LogP) is 2.78. The van der Waals surface area contributed by atoms with Gasteiger partial charge in [-0.3, -0.25) is 4.79 Å². The van der Waals surface area contributed by atoms with Gasteiger partial charge in [-0.25, -0.2) is 4.79 Å². The fraction of sp³-hybridized carbons (Fsp3) is 0.125. The largest absolute Gasteiger partial charge is 0.478 e. The van der Waals surface area contributed by atoms with Crippen molar-refractivity contribution in [3.8, 4) is 0 Å². The Hall–Kier alpha value is -2.82. The van der Waals surface area contributed by atoms with Gasteiger partial charge in [-0.1, -0.05) is 17.7 Å². The lowest BCUT2D eigenvalue weighted by molar-refractivity contribution is -0.115. The molecular weight excluding hydrogens is 268 g/mol. The molecule has 1 aliphatic heterocycles. The van der Waals surface area contributed by atoms with Crippen molar-refractivity contribution in [2.24, 2.45) is 0 Å². The Morgan fingerprint density at radius 2 is 1.90 bits per heavy atom. The van der Waals surface area contributed by atoms with Crippen LogP contribution in [0.2, 0.25) is 0 Å². The van der Waals surface area contributed by atoms with Gasteiger partial charge in [-0.05, 0) is 37.3 Å². The first-order valence-corrected chi connectivity index (χ1v) is 6.56. The van der Waals surface area contributed by atoms with Crippen molar-refractivity contribution in [1.82, 2.24) is 0 Å². The van der Waals surface area contributed by atoms with Crippen LogP contribution in [0.15, 0.2) is 42.5 Å². The number of rotatable bonds is 2. The molecule has 0 atom stereocenters. The summed E-state index contributed by atoms with van der Waals surface area (Å²) >= 11 is 0. The Morgan fingerprint density at radius 1 is 1.19 bits per heavy atom. The Labute approximate surface area is 121 Å². The molecule has 0 saturated heterocycles. The first-order valence-electron chi connectivity index (χ1n) is 6.56. The summed E-state index contributed by atoms with van der Waals surface area (Å²) in [7, 11) is 0. The summed E-state index contributed by atoms with van der Waals surface area (Å²) in [5.74, 6) is -1.11. The number of benzene rings is 2. The Bertz CT molecular complexity index is 723. The lowest BCUT2D eigenvalue weighted by Gasteiger charge is -2.31. The SMILES string of the molecule is Cc1ccc(N2CC(=O)Nc3ccc(C(=O)O)cc32)cc1. The lowest BCUT2D eigenvalue weighted by atomic mass is 10.1. The molecule has 1 amide bonds. The maximum Gasteiger partial charge on any atom is 0.335 e. The van der Waals surface area contributed by atoms with Crippen molar-refractivity contribution in [2.45, 2.75) is 6.92 Å². The highest BCUT2D eigenvalue weighted by atomic mass is 16.4. The van der Waals surface area contributed by atoms with Crippen molar-refractivity contribution >= 4 is 28.9 Å². The van der Waals surface area contributed by atoms with E-state index in [-0.39, 0.29) is 18.0 Å². The van der Waals surface area contributed by atoms with Crippen LogP contribution in [0.4, 0.5) is 17.1 Å². The molecule has 106 valence electrons. The van der Waals surface area contributed by atoms with E-state index in [0.717, 1.165) is 11.3 Å². The number of amides is 1. The van der Waals surface area contributed by atoms with Crippen LogP contribution >= 0.6 is 0 Å². The number of carboxylic acids is 1. The highest BCUT2D eigenvalue weighted by Crippen LogP contribution is 2.35. The molecule has 2 aromatic carbocycles. The summed E-state index contributed by atoms with van der Waals surface area (Å²) < 4.78 is 0. The van der Waals surface area contributed by atoms with Crippen LogP contribution in [-0.2, 0) is 4.79 Å². The number of fused-ring (bicyclic) bond motifs is 1. The van der Waals surface area contributed by atoms with Gasteiger partial charge in [-0.15, -0.1) is 0 Å². The molecule has 1 heterocycles. The second kappa shape index (κ2) is 4.94. The smallest absolute Gasteiger partial charge is 0.335 e. The molecule has 0 bridgehead atoms. The summed E-state index contributed by atoms with van der Waals surface area (Å²) in [4.78, 5) is 24.8. The fourth-order valence-corrected chi connectivity index (χ4v) is 2.37. The van der Waals surface area contributed by atoms with Crippen molar-refractivity contribution in [1.29, 1.82) is 0 Å². The fourth-order valence-electron chi connectivity index (χ4n) is 2.37. The lowest BCUT2D eigenvalue weighted by Crippen LogP contribution is -2.35. The minimum absolute atomic E-state index is 0.119. The molecule has 0 radical (unpaired) electrons. The molecule has 0 aromatic heterocycles. The number of carboxylic acid groups (broad SMARTS) is 1. The van der Waals surface area contributed by atoms with Crippen molar-refractivity contribution in [2.75, 3.05) is 16.8 Å². The molecule has 0 unspecified atom stereocenters. The standard InChI is InChI=1S/C16H14N2O3/c1-10-2-5-12(6-3-10)18-9-15(19)17-13-7-4-11(16(20)21)8-14(13)18/h2-8H,9H2,1H3,(H,17,19)(H,20,21). The van der Waals surface area contributed by atoms with Crippen LogP contribution in [0.5, 0.6) is 0 Å². The predicted molar refractivity (Wildman–Crippen MR) is 80.2 cm³/mol. The molecule has 0 spiro atoms. The Kier molecular flexibility index (Phi) is 3.10. The van der Waals surface area contributed by atoms with E-state index in [1.54, 1.807) is 12.1 Å². The normalized spacial score (nSPS) is 13.6. The third-order valence-electron chi connectivity index (χ3n) is 3.46. The van der Waals surface area contributed by atoms with Gasteiger partial charge >= 0.3 is 5.97 Å². The molecule has 2 aromatic rings. The number of aryl methyl sites for hydroxylation is 1. The van der Waals surface area contributed by atoms with Crippen LogP contribution in [0.1, 0.15) is 15.9 Å². The summed E-state index contributed by atoms with van der Waals surface area (Å²) in [6.45, 7) is 2.16. The van der Waals surface area contributed by atoms with Gasteiger partial charge in [0.15, 0.2) is 0 Å². The number of hydrogen-bond donors (Lipinski definition) is 2. The number of nitrogens with one attached hydrogen (secondary N) is 1. The summed E-state index contributed by atoms with van der Waals surface area (Å²) in [5.41, 5.74) is 3.50. The zero-order valence-corrected chi connectivity index (χ0v) is 11.5. The molecule has 3 rings (SSSR count). The maximum absolute atomic E-state index is 11.8. The molecular formula is C16H14N2O3. The van der Waals surface area contributed by atoms with Gasteiger partial charge < -0.3 is 15.3 Å². The van der Waals surface area contributed by atoms with E-state index >= 15 is 0 Å². The second-order valence-corrected chi connectivity index (χ2v) is 5.01. The topological polar surface area (TPSA) is 69.6 Å². The maximum atomic E-state index is 11.8.